The highest BCUT2D eigenvalue weighted by Gasteiger charge is 2.25. The molecule has 1 unspecified atom stereocenters. The number of pyridine rings is 1. The third-order valence-corrected chi connectivity index (χ3v) is 9.03. The number of thiazole rings is 1. The number of allylic oxidation sites excluding steroid dienone is 1. The molecule has 34 heavy (non-hydrogen) atoms. The normalized spacial score (nSPS) is 23.5. The van der Waals surface area contributed by atoms with Gasteiger partial charge in [0, 0.05) is 53.8 Å². The number of nitrogens with zero attached hydrogens (tertiary/aromatic N) is 5. The molecule has 180 valence electrons. The molecule has 3 aliphatic rings. The molecule has 0 spiro atoms. The zero-order valence-corrected chi connectivity index (χ0v) is 21.5. The van der Waals surface area contributed by atoms with E-state index in [-0.39, 0.29) is 0 Å². The van der Waals surface area contributed by atoms with Crippen LogP contribution in [0.1, 0.15) is 49.3 Å². The van der Waals surface area contributed by atoms with Crippen molar-refractivity contribution in [2.24, 2.45) is 0 Å². The van der Waals surface area contributed by atoms with E-state index in [1.807, 2.05) is 10.2 Å². The molecule has 3 aromatic heterocycles. The van der Waals surface area contributed by atoms with Gasteiger partial charge in [-0.15, -0.1) is 11.3 Å². The summed E-state index contributed by atoms with van der Waals surface area (Å²) in [5.74, 6) is 0.575. The fourth-order valence-corrected chi connectivity index (χ4v) is 6.90. The van der Waals surface area contributed by atoms with E-state index in [0.717, 1.165) is 73.8 Å². The number of thiol groups is 1. The molecular weight excluding hydrogens is 462 g/mol. The molecular formula is C26H33N5OS2. The van der Waals surface area contributed by atoms with Gasteiger partial charge in [0.2, 0.25) is 0 Å². The van der Waals surface area contributed by atoms with Crippen molar-refractivity contribution in [2.45, 2.75) is 44.1 Å². The predicted octanol–water partition coefficient (Wildman–Crippen LogP) is 4.93. The van der Waals surface area contributed by atoms with Gasteiger partial charge in [-0.05, 0) is 69.4 Å². The Balaban J connectivity index is 1.25. The molecule has 3 aromatic rings. The summed E-state index contributed by atoms with van der Waals surface area (Å²) in [7, 11) is 2.21. The second kappa shape index (κ2) is 9.74. The maximum Gasteiger partial charge on any atom is 0.150 e. The summed E-state index contributed by atoms with van der Waals surface area (Å²) in [4.78, 5) is 14.9. The average Bonchev–Trinajstić information content (AvgIpc) is 3.50. The predicted molar refractivity (Wildman–Crippen MR) is 143 cm³/mol. The van der Waals surface area contributed by atoms with Crippen LogP contribution in [0, 0.1) is 0 Å². The molecule has 1 aliphatic carbocycles. The molecule has 2 aliphatic heterocycles. The Hall–Kier alpha value is -1.71. The molecule has 2 fully saturated rings. The van der Waals surface area contributed by atoms with Gasteiger partial charge in [-0.1, -0.05) is 18.9 Å². The number of fused-ring (bicyclic) bond motifs is 1. The molecule has 0 amide bonds. The van der Waals surface area contributed by atoms with Crippen LogP contribution in [0.2, 0.25) is 0 Å². The highest BCUT2D eigenvalue weighted by molar-refractivity contribution is 7.78. The Bertz CT molecular complexity index is 1190. The fraction of sp³-hybridized carbons (Fsp3) is 0.538. The molecule has 6 nitrogen and oxygen atoms in total. The summed E-state index contributed by atoms with van der Waals surface area (Å²) in [5.41, 5.74) is 5.96. The van der Waals surface area contributed by atoms with E-state index < -0.39 is 0 Å². The topological polar surface area (TPSA) is 46.4 Å². The third kappa shape index (κ3) is 4.46. The van der Waals surface area contributed by atoms with Crippen molar-refractivity contribution in [1.82, 2.24) is 23.7 Å². The number of hydrogen-bond donors (Lipinski definition) is 1. The number of morpholine rings is 1. The molecule has 0 N–H and O–H groups in total. The fourth-order valence-electron chi connectivity index (χ4n) is 5.70. The van der Waals surface area contributed by atoms with E-state index in [1.165, 1.54) is 36.1 Å². The van der Waals surface area contributed by atoms with Gasteiger partial charge in [0.25, 0.3) is 0 Å². The van der Waals surface area contributed by atoms with Crippen LogP contribution in [-0.4, -0.2) is 76.2 Å². The molecule has 0 saturated carbocycles. The van der Waals surface area contributed by atoms with Crippen molar-refractivity contribution < 1.29 is 4.74 Å². The Labute approximate surface area is 211 Å². The SMILES string of the molecule is CN1CCC(c2csc(-c3cn(S)c4ncc(C5=CCC(N6CCOCC6)CC5)cc34)n2)CC1. The molecule has 0 bridgehead atoms. The number of ether oxygens (including phenoxy) is 1. The highest BCUT2D eigenvalue weighted by atomic mass is 32.1. The van der Waals surface area contributed by atoms with Crippen molar-refractivity contribution in [3.63, 3.8) is 0 Å². The van der Waals surface area contributed by atoms with Crippen LogP contribution in [0.4, 0.5) is 0 Å². The quantitative estimate of drug-likeness (QED) is 0.520. The first-order chi connectivity index (χ1) is 16.7. The van der Waals surface area contributed by atoms with Gasteiger partial charge < -0.3 is 9.64 Å². The monoisotopic (exact) mass is 495 g/mol. The van der Waals surface area contributed by atoms with Gasteiger partial charge in [0.15, 0.2) is 0 Å². The maximum absolute atomic E-state index is 5.53. The minimum Gasteiger partial charge on any atom is -0.379 e. The van der Waals surface area contributed by atoms with Crippen LogP contribution in [0.25, 0.3) is 27.2 Å². The lowest BCUT2D eigenvalue weighted by molar-refractivity contribution is 0.0150. The number of likely N-dealkylation sites (tertiary alicyclic amines) is 1. The summed E-state index contributed by atoms with van der Waals surface area (Å²) in [6, 6.07) is 2.95. The molecule has 2 saturated heterocycles. The molecule has 5 heterocycles. The van der Waals surface area contributed by atoms with Gasteiger partial charge in [-0.3, -0.25) is 8.87 Å². The number of aromatic nitrogens is 3. The van der Waals surface area contributed by atoms with Crippen molar-refractivity contribution in [3.8, 4) is 10.6 Å². The third-order valence-electron chi connectivity index (χ3n) is 7.83. The lowest BCUT2D eigenvalue weighted by Gasteiger charge is -2.36. The van der Waals surface area contributed by atoms with E-state index in [9.17, 15) is 0 Å². The maximum atomic E-state index is 5.53. The van der Waals surface area contributed by atoms with E-state index in [0.29, 0.717) is 12.0 Å². The van der Waals surface area contributed by atoms with Crippen molar-refractivity contribution in [2.75, 3.05) is 46.4 Å². The van der Waals surface area contributed by atoms with Crippen LogP contribution < -0.4 is 0 Å². The van der Waals surface area contributed by atoms with Crippen LogP contribution in [0.15, 0.2) is 29.9 Å². The lowest BCUT2D eigenvalue weighted by atomic mass is 9.90. The lowest BCUT2D eigenvalue weighted by Crippen LogP contribution is -2.43. The standard InChI is InChI=1S/C26H33N5OS2/c1-29-8-6-19(7-9-29)24-17-34-26(28-24)23-16-31(33)25-22(23)14-20(15-27-25)18-2-4-21(5-3-18)30-10-12-32-13-11-30/h2,14-17,19,21,33H,3-13H2,1H3. The first kappa shape index (κ1) is 22.7. The van der Waals surface area contributed by atoms with Crippen molar-refractivity contribution in [3.05, 3.63) is 41.2 Å². The summed E-state index contributed by atoms with van der Waals surface area (Å²) in [6.07, 6.45) is 12.3. The first-order valence-corrected chi connectivity index (χ1v) is 13.8. The van der Waals surface area contributed by atoms with E-state index in [1.54, 1.807) is 11.3 Å². The molecule has 6 rings (SSSR count). The zero-order chi connectivity index (χ0) is 23.1. The number of piperidine rings is 1. The van der Waals surface area contributed by atoms with Gasteiger partial charge in [-0.25, -0.2) is 9.97 Å². The zero-order valence-electron chi connectivity index (χ0n) is 19.8. The average molecular weight is 496 g/mol. The molecule has 0 aromatic carbocycles. The van der Waals surface area contributed by atoms with E-state index in [2.05, 4.69) is 53.4 Å². The van der Waals surface area contributed by atoms with Crippen molar-refractivity contribution >= 4 is 40.8 Å². The summed E-state index contributed by atoms with van der Waals surface area (Å²) in [5, 5.41) is 4.49. The first-order valence-electron chi connectivity index (χ1n) is 12.5. The van der Waals surface area contributed by atoms with Crippen molar-refractivity contribution in [1.29, 1.82) is 0 Å². The van der Waals surface area contributed by atoms with Gasteiger partial charge in [0.1, 0.15) is 10.7 Å². The summed E-state index contributed by atoms with van der Waals surface area (Å²) in [6.45, 7) is 6.17. The Morgan fingerprint density at radius 2 is 1.94 bits per heavy atom. The Morgan fingerprint density at radius 3 is 2.71 bits per heavy atom. The smallest absolute Gasteiger partial charge is 0.150 e. The summed E-state index contributed by atoms with van der Waals surface area (Å²) >= 11 is 6.42. The van der Waals surface area contributed by atoms with Crippen LogP contribution in [0.3, 0.4) is 0 Å². The minimum atomic E-state index is 0.575. The molecule has 8 heteroatoms. The van der Waals surface area contributed by atoms with Crippen LogP contribution in [0.5, 0.6) is 0 Å². The van der Waals surface area contributed by atoms with Gasteiger partial charge in [0.05, 0.1) is 18.9 Å². The second-order valence-corrected chi connectivity index (χ2v) is 11.2. The van der Waals surface area contributed by atoms with Gasteiger partial charge >= 0.3 is 0 Å². The van der Waals surface area contributed by atoms with Crippen LogP contribution >= 0.6 is 24.2 Å². The number of rotatable bonds is 4. The molecule has 1 atom stereocenters. The summed E-state index contributed by atoms with van der Waals surface area (Å²) < 4.78 is 7.37. The van der Waals surface area contributed by atoms with E-state index in [4.69, 9.17) is 14.7 Å². The highest BCUT2D eigenvalue weighted by Crippen LogP contribution is 2.38. The number of hydrogen-bond acceptors (Lipinski definition) is 7. The second-order valence-electron chi connectivity index (χ2n) is 9.94. The van der Waals surface area contributed by atoms with Gasteiger partial charge in [-0.2, -0.15) is 0 Å². The molecule has 0 radical (unpaired) electrons. The Morgan fingerprint density at radius 1 is 1.12 bits per heavy atom. The van der Waals surface area contributed by atoms with E-state index >= 15 is 0 Å². The largest absolute Gasteiger partial charge is 0.379 e. The minimum absolute atomic E-state index is 0.575. The Kier molecular flexibility index (Phi) is 6.51. The van der Waals surface area contributed by atoms with Crippen LogP contribution in [-0.2, 0) is 4.74 Å².